The molecule has 11 heteroatoms. The molecule has 3 heterocycles. The molecule has 0 radical (unpaired) electrons. The molecule has 3 aromatic rings. The monoisotopic (exact) mass is 442 g/mol. The number of carbonyl (C=O) groups is 1. The van der Waals surface area contributed by atoms with Crippen molar-refractivity contribution in [2.24, 2.45) is 5.92 Å². The zero-order valence-electron chi connectivity index (χ0n) is 17.1. The summed E-state index contributed by atoms with van der Waals surface area (Å²) in [5.41, 5.74) is 2.07. The summed E-state index contributed by atoms with van der Waals surface area (Å²) < 4.78 is 32.6. The van der Waals surface area contributed by atoms with Crippen LogP contribution in [0.25, 0.3) is 11.5 Å². The molecule has 0 amide bonds. The topological polar surface area (TPSA) is 117 Å². The summed E-state index contributed by atoms with van der Waals surface area (Å²) in [6, 6.07) is 2.43. The van der Waals surface area contributed by atoms with Crippen LogP contribution in [0, 0.1) is 17.6 Å². The van der Waals surface area contributed by atoms with Crippen molar-refractivity contribution in [2.45, 2.75) is 38.3 Å². The Labute approximate surface area is 181 Å². The first-order chi connectivity index (χ1) is 15.4. The first kappa shape index (κ1) is 20.3. The van der Waals surface area contributed by atoms with Crippen LogP contribution < -0.4 is 10.2 Å². The van der Waals surface area contributed by atoms with Crippen LogP contribution in [-0.4, -0.2) is 49.9 Å². The first-order valence-electron chi connectivity index (χ1n) is 10.3. The number of hydrogen-bond acceptors (Lipinski definition) is 8. The van der Waals surface area contributed by atoms with Gasteiger partial charge in [-0.3, -0.25) is 4.79 Å². The van der Waals surface area contributed by atoms with Gasteiger partial charge in [0.25, 0.3) is 5.89 Å². The van der Waals surface area contributed by atoms with Crippen molar-refractivity contribution >= 4 is 17.9 Å². The van der Waals surface area contributed by atoms with Crippen LogP contribution >= 0.6 is 0 Å². The molecule has 0 bridgehead atoms. The highest BCUT2D eigenvalue weighted by Crippen LogP contribution is 2.31. The fourth-order valence-electron chi connectivity index (χ4n) is 4.40. The van der Waals surface area contributed by atoms with Gasteiger partial charge in [-0.1, -0.05) is 5.10 Å². The summed E-state index contributed by atoms with van der Waals surface area (Å²) >= 11 is 0. The van der Waals surface area contributed by atoms with Crippen LogP contribution in [0.1, 0.15) is 24.5 Å². The number of rotatable bonds is 5. The fraction of sp³-hybridized carbons (Fsp3) is 0.381. The van der Waals surface area contributed by atoms with E-state index in [2.05, 4.69) is 25.5 Å². The Morgan fingerprint density at radius 1 is 1.16 bits per heavy atom. The maximum absolute atomic E-state index is 13.4. The van der Waals surface area contributed by atoms with E-state index in [0.29, 0.717) is 37.3 Å². The minimum absolute atomic E-state index is 0.0640. The van der Waals surface area contributed by atoms with E-state index in [9.17, 15) is 18.7 Å². The van der Waals surface area contributed by atoms with Crippen LogP contribution in [0.2, 0.25) is 0 Å². The van der Waals surface area contributed by atoms with Crippen molar-refractivity contribution in [3.05, 3.63) is 47.3 Å². The van der Waals surface area contributed by atoms with Crippen LogP contribution in [0.15, 0.2) is 28.9 Å². The quantitative estimate of drug-likeness (QED) is 0.615. The van der Waals surface area contributed by atoms with Gasteiger partial charge in [-0.15, -0.1) is 5.10 Å². The summed E-state index contributed by atoms with van der Waals surface area (Å²) in [5, 5.41) is 20.5. The number of nitrogens with zero attached hydrogens (tertiary/aromatic N) is 5. The van der Waals surface area contributed by atoms with Crippen LogP contribution in [-0.2, 0) is 17.6 Å². The Hall–Kier alpha value is -3.63. The van der Waals surface area contributed by atoms with Gasteiger partial charge in [0.1, 0.15) is 0 Å². The molecule has 2 unspecified atom stereocenters. The molecule has 1 aliphatic heterocycles. The van der Waals surface area contributed by atoms with Crippen LogP contribution in [0.5, 0.6) is 0 Å². The Morgan fingerprint density at radius 3 is 2.41 bits per heavy atom. The second-order valence-electron chi connectivity index (χ2n) is 8.14. The Bertz CT molecular complexity index is 1140. The Kier molecular flexibility index (Phi) is 4.95. The molecular formula is C21H20F2N6O3. The van der Waals surface area contributed by atoms with E-state index in [-0.39, 0.29) is 24.0 Å². The van der Waals surface area contributed by atoms with Gasteiger partial charge in [0, 0.05) is 31.0 Å². The molecule has 2 aromatic heterocycles. The maximum Gasteiger partial charge on any atom is 0.318 e. The van der Waals surface area contributed by atoms with Gasteiger partial charge < -0.3 is 19.7 Å². The number of hydrogen-bond donors (Lipinski definition) is 2. The van der Waals surface area contributed by atoms with E-state index in [1.807, 2.05) is 6.92 Å². The summed E-state index contributed by atoms with van der Waals surface area (Å²) in [6.45, 7) is 2.35. The molecule has 1 fully saturated rings. The number of benzene rings is 1. The first-order valence-corrected chi connectivity index (χ1v) is 10.3. The summed E-state index contributed by atoms with van der Waals surface area (Å²) in [7, 11) is 0. The van der Waals surface area contributed by atoms with E-state index in [1.165, 1.54) is 12.1 Å². The lowest BCUT2D eigenvalue weighted by Gasteiger charge is -2.20. The van der Waals surface area contributed by atoms with Gasteiger partial charge in [0.05, 0.1) is 11.5 Å². The van der Waals surface area contributed by atoms with E-state index in [4.69, 9.17) is 4.42 Å². The molecule has 0 saturated carbocycles. The van der Waals surface area contributed by atoms with E-state index in [1.54, 1.807) is 17.3 Å². The van der Waals surface area contributed by atoms with Crippen LogP contribution in [0.3, 0.4) is 0 Å². The molecule has 9 nitrogen and oxygen atoms in total. The molecule has 0 spiro atoms. The van der Waals surface area contributed by atoms with Crippen molar-refractivity contribution in [1.29, 1.82) is 0 Å². The third-order valence-electron chi connectivity index (χ3n) is 6.14. The van der Waals surface area contributed by atoms with Gasteiger partial charge in [-0.25, -0.2) is 18.7 Å². The lowest BCUT2D eigenvalue weighted by molar-refractivity contribution is -0.141. The average molecular weight is 442 g/mol. The molecule has 32 heavy (non-hydrogen) atoms. The third-order valence-corrected chi connectivity index (χ3v) is 6.14. The Morgan fingerprint density at radius 2 is 1.81 bits per heavy atom. The smallest absolute Gasteiger partial charge is 0.318 e. The number of carboxylic acid groups (broad SMARTS) is 1. The van der Waals surface area contributed by atoms with Crippen molar-refractivity contribution < 1.29 is 23.1 Å². The van der Waals surface area contributed by atoms with E-state index in [0.717, 1.165) is 11.1 Å². The lowest BCUT2D eigenvalue weighted by atomic mass is 10.0. The molecule has 2 atom stereocenters. The molecule has 1 aromatic carbocycles. The van der Waals surface area contributed by atoms with Gasteiger partial charge in [-0.05, 0) is 49.4 Å². The highest BCUT2D eigenvalue weighted by Gasteiger charge is 2.38. The largest absolute Gasteiger partial charge is 0.481 e. The third kappa shape index (κ3) is 3.63. The molecule has 5 rings (SSSR count). The highest BCUT2D eigenvalue weighted by molar-refractivity contribution is 5.72. The van der Waals surface area contributed by atoms with E-state index < -0.39 is 23.5 Å². The minimum Gasteiger partial charge on any atom is -0.481 e. The zero-order valence-corrected chi connectivity index (χ0v) is 17.1. The van der Waals surface area contributed by atoms with Gasteiger partial charge >= 0.3 is 12.0 Å². The second-order valence-corrected chi connectivity index (χ2v) is 8.14. The predicted octanol–water partition coefficient (Wildman–Crippen LogP) is 2.68. The van der Waals surface area contributed by atoms with E-state index >= 15 is 0 Å². The molecular weight excluding hydrogens is 422 g/mol. The number of nitrogens with one attached hydrogen (secondary N) is 1. The Balaban J connectivity index is 1.25. The predicted molar refractivity (Wildman–Crippen MR) is 109 cm³/mol. The van der Waals surface area contributed by atoms with Crippen molar-refractivity contribution in [2.75, 3.05) is 16.8 Å². The van der Waals surface area contributed by atoms with Crippen molar-refractivity contribution in [3.8, 4) is 11.5 Å². The number of anilines is 2. The molecule has 2 aliphatic rings. The fourth-order valence-corrected chi connectivity index (χ4v) is 4.40. The van der Waals surface area contributed by atoms with Gasteiger partial charge in [0.15, 0.2) is 11.6 Å². The second kappa shape index (κ2) is 7.81. The number of aromatic nitrogens is 4. The molecule has 1 aliphatic carbocycles. The molecule has 1 saturated heterocycles. The molecule has 166 valence electrons. The molecule has 2 N–H and O–H groups in total. The van der Waals surface area contributed by atoms with Crippen molar-refractivity contribution in [3.63, 3.8) is 0 Å². The van der Waals surface area contributed by atoms with Crippen molar-refractivity contribution in [1.82, 2.24) is 20.2 Å². The minimum atomic E-state index is -0.842. The van der Waals surface area contributed by atoms with Gasteiger partial charge in [0.2, 0.25) is 5.95 Å². The maximum atomic E-state index is 13.4. The number of aliphatic carboxylic acids is 1. The standard InChI is InChI=1S/C21H20F2N6O3/c1-10-15(19(30)31)2-3-29(10)21-28-27-18(32-21)13-8-24-20(25-9-13)26-14-4-11-6-16(22)17(23)7-12(11)5-14/h6-10,14-15H,2-5H2,1H3,(H,30,31)(H,24,25,26). The summed E-state index contributed by atoms with van der Waals surface area (Å²) in [5.74, 6) is -2.39. The van der Waals surface area contributed by atoms with Crippen LogP contribution in [0.4, 0.5) is 20.7 Å². The lowest BCUT2D eigenvalue weighted by Crippen LogP contribution is -2.33. The average Bonchev–Trinajstić information content (AvgIpc) is 3.47. The summed E-state index contributed by atoms with van der Waals surface area (Å²) in [6.07, 6.45) is 4.71. The highest BCUT2D eigenvalue weighted by atomic mass is 19.2. The number of halogens is 2. The normalized spacial score (nSPS) is 20.5. The SMILES string of the molecule is CC1C(C(=O)O)CCN1c1nnc(-c2cnc(NC3Cc4cc(F)c(F)cc4C3)nc2)o1. The van der Waals surface area contributed by atoms with Gasteiger partial charge in [-0.2, -0.15) is 0 Å². The zero-order chi connectivity index (χ0) is 22.4. The number of fused-ring (bicyclic) bond motifs is 1. The number of carboxylic acids is 1. The summed E-state index contributed by atoms with van der Waals surface area (Å²) in [4.78, 5) is 21.7.